The first kappa shape index (κ1) is 15.6. The zero-order chi connectivity index (χ0) is 15.4. The van der Waals surface area contributed by atoms with Crippen molar-refractivity contribution in [3.8, 4) is 17.2 Å². The molecule has 2 aromatic rings. The van der Waals surface area contributed by atoms with Crippen molar-refractivity contribution in [2.24, 2.45) is 0 Å². The summed E-state index contributed by atoms with van der Waals surface area (Å²) in [5.41, 5.74) is 1.23. The Morgan fingerprint density at radius 1 is 0.952 bits per heavy atom. The Morgan fingerprint density at radius 3 is 2.29 bits per heavy atom. The molecule has 0 amide bonds. The lowest BCUT2D eigenvalue weighted by Crippen LogP contribution is -2.02. The maximum absolute atomic E-state index is 14.2. The van der Waals surface area contributed by atoms with E-state index in [-0.39, 0.29) is 5.82 Å². The lowest BCUT2D eigenvalue weighted by Gasteiger charge is -2.18. The second-order valence-electron chi connectivity index (χ2n) is 4.33. The van der Waals surface area contributed by atoms with Gasteiger partial charge in [-0.05, 0) is 18.2 Å². The van der Waals surface area contributed by atoms with E-state index < -0.39 is 4.83 Å². The summed E-state index contributed by atoms with van der Waals surface area (Å²) in [5.74, 6) is 1.43. The topological polar surface area (TPSA) is 27.7 Å². The van der Waals surface area contributed by atoms with Crippen LogP contribution in [0.4, 0.5) is 4.39 Å². The van der Waals surface area contributed by atoms with Crippen LogP contribution in [0.1, 0.15) is 16.0 Å². The molecule has 0 saturated heterocycles. The molecule has 0 bridgehead atoms. The van der Waals surface area contributed by atoms with Crippen molar-refractivity contribution in [1.29, 1.82) is 0 Å². The standard InChI is InChI=1S/C16H16BrFO3/c1-19-10-7-8-11(14(9-10)21-3)16(17)15-12(18)5-4-6-13(15)20-2/h4-9,16H,1-3H3. The van der Waals surface area contributed by atoms with E-state index in [9.17, 15) is 4.39 Å². The zero-order valence-electron chi connectivity index (χ0n) is 12.0. The number of ether oxygens (including phenoxy) is 3. The molecule has 1 atom stereocenters. The van der Waals surface area contributed by atoms with Gasteiger partial charge in [0.2, 0.25) is 0 Å². The third-order valence-corrected chi connectivity index (χ3v) is 4.15. The fraction of sp³-hybridized carbons (Fsp3) is 0.250. The summed E-state index contributed by atoms with van der Waals surface area (Å²) in [6.07, 6.45) is 0. The van der Waals surface area contributed by atoms with Gasteiger partial charge in [-0.15, -0.1) is 0 Å². The molecule has 21 heavy (non-hydrogen) atoms. The second-order valence-corrected chi connectivity index (χ2v) is 5.24. The van der Waals surface area contributed by atoms with E-state index in [2.05, 4.69) is 15.9 Å². The van der Waals surface area contributed by atoms with Crippen molar-refractivity contribution in [3.63, 3.8) is 0 Å². The summed E-state index contributed by atoms with van der Waals surface area (Å²) in [7, 11) is 4.67. The monoisotopic (exact) mass is 354 g/mol. The summed E-state index contributed by atoms with van der Waals surface area (Å²) < 4.78 is 30.0. The minimum absolute atomic E-state index is 0.339. The summed E-state index contributed by atoms with van der Waals surface area (Å²) in [4.78, 5) is -0.394. The molecule has 0 saturated carbocycles. The molecule has 1 unspecified atom stereocenters. The average molecular weight is 355 g/mol. The normalized spacial score (nSPS) is 11.9. The molecule has 0 heterocycles. The van der Waals surface area contributed by atoms with Gasteiger partial charge in [-0.25, -0.2) is 4.39 Å². The first-order valence-electron chi connectivity index (χ1n) is 6.30. The molecule has 0 aliphatic heterocycles. The lowest BCUT2D eigenvalue weighted by atomic mass is 10.0. The highest BCUT2D eigenvalue weighted by Gasteiger charge is 2.22. The van der Waals surface area contributed by atoms with Crippen LogP contribution in [-0.4, -0.2) is 21.3 Å². The molecule has 0 aliphatic carbocycles. The van der Waals surface area contributed by atoms with Crippen LogP contribution in [0.5, 0.6) is 17.2 Å². The van der Waals surface area contributed by atoms with Crippen molar-refractivity contribution in [2.45, 2.75) is 4.83 Å². The van der Waals surface area contributed by atoms with Gasteiger partial charge in [0.1, 0.15) is 23.1 Å². The minimum atomic E-state index is -0.394. The first-order chi connectivity index (χ1) is 10.1. The lowest BCUT2D eigenvalue weighted by molar-refractivity contribution is 0.390. The van der Waals surface area contributed by atoms with Crippen LogP contribution in [-0.2, 0) is 0 Å². The molecule has 0 radical (unpaired) electrons. The summed E-state index contributed by atoms with van der Waals surface area (Å²) >= 11 is 3.53. The van der Waals surface area contributed by atoms with E-state index in [1.807, 2.05) is 6.07 Å². The largest absolute Gasteiger partial charge is 0.497 e. The van der Waals surface area contributed by atoms with Crippen LogP contribution in [0.15, 0.2) is 36.4 Å². The highest BCUT2D eigenvalue weighted by molar-refractivity contribution is 9.09. The summed E-state index contributed by atoms with van der Waals surface area (Å²) in [6.45, 7) is 0. The predicted octanol–water partition coefficient (Wildman–Crippen LogP) is 4.34. The molecule has 0 N–H and O–H groups in total. The van der Waals surface area contributed by atoms with Crippen LogP contribution in [0.2, 0.25) is 0 Å². The second kappa shape index (κ2) is 6.80. The van der Waals surface area contributed by atoms with Crippen LogP contribution >= 0.6 is 15.9 Å². The SMILES string of the molecule is COc1ccc(C(Br)c2c(F)cccc2OC)c(OC)c1. The maximum atomic E-state index is 14.2. The number of hydrogen-bond acceptors (Lipinski definition) is 3. The van der Waals surface area contributed by atoms with Gasteiger partial charge in [0, 0.05) is 17.2 Å². The van der Waals surface area contributed by atoms with Crippen molar-refractivity contribution in [3.05, 3.63) is 53.3 Å². The molecule has 0 aliphatic rings. The summed E-state index contributed by atoms with van der Waals surface area (Å²) in [5, 5.41) is 0. The molecule has 0 spiro atoms. The molecular weight excluding hydrogens is 339 g/mol. The fourth-order valence-electron chi connectivity index (χ4n) is 2.12. The van der Waals surface area contributed by atoms with Crippen LogP contribution < -0.4 is 14.2 Å². The van der Waals surface area contributed by atoms with Crippen molar-refractivity contribution >= 4 is 15.9 Å². The molecule has 3 nitrogen and oxygen atoms in total. The van der Waals surface area contributed by atoms with Gasteiger partial charge in [-0.1, -0.05) is 28.1 Å². The van der Waals surface area contributed by atoms with E-state index in [0.717, 1.165) is 5.56 Å². The molecule has 112 valence electrons. The fourth-order valence-corrected chi connectivity index (χ4v) is 2.95. The van der Waals surface area contributed by atoms with Gasteiger partial charge >= 0.3 is 0 Å². The van der Waals surface area contributed by atoms with E-state index in [1.54, 1.807) is 38.5 Å². The smallest absolute Gasteiger partial charge is 0.131 e. The number of methoxy groups -OCH3 is 3. The minimum Gasteiger partial charge on any atom is -0.497 e. The number of benzene rings is 2. The Morgan fingerprint density at radius 2 is 1.67 bits per heavy atom. The number of rotatable bonds is 5. The van der Waals surface area contributed by atoms with Gasteiger partial charge in [0.25, 0.3) is 0 Å². The Labute approximate surface area is 131 Å². The molecule has 5 heteroatoms. The average Bonchev–Trinajstić information content (AvgIpc) is 2.53. The van der Waals surface area contributed by atoms with E-state index >= 15 is 0 Å². The van der Waals surface area contributed by atoms with Crippen LogP contribution in [0.3, 0.4) is 0 Å². The van der Waals surface area contributed by atoms with Crippen molar-refractivity contribution < 1.29 is 18.6 Å². The Balaban J connectivity index is 2.52. The highest BCUT2D eigenvalue weighted by atomic mass is 79.9. The highest BCUT2D eigenvalue weighted by Crippen LogP contribution is 2.42. The molecule has 2 rings (SSSR count). The van der Waals surface area contributed by atoms with Gasteiger partial charge in [0.05, 0.1) is 26.2 Å². The van der Waals surface area contributed by atoms with E-state index in [0.29, 0.717) is 22.8 Å². The third kappa shape index (κ3) is 3.13. The predicted molar refractivity (Wildman–Crippen MR) is 83.3 cm³/mol. The zero-order valence-corrected chi connectivity index (χ0v) is 13.6. The van der Waals surface area contributed by atoms with Gasteiger partial charge in [0.15, 0.2) is 0 Å². The first-order valence-corrected chi connectivity index (χ1v) is 7.22. The van der Waals surface area contributed by atoms with Crippen molar-refractivity contribution in [1.82, 2.24) is 0 Å². The Hall–Kier alpha value is -1.75. The summed E-state index contributed by atoms with van der Waals surface area (Å²) in [6, 6.07) is 10.1. The Bertz CT molecular complexity index is 631. The van der Waals surface area contributed by atoms with E-state index in [1.165, 1.54) is 13.2 Å². The number of hydrogen-bond donors (Lipinski definition) is 0. The molecule has 0 aromatic heterocycles. The third-order valence-electron chi connectivity index (χ3n) is 3.20. The van der Waals surface area contributed by atoms with Crippen molar-refractivity contribution in [2.75, 3.05) is 21.3 Å². The van der Waals surface area contributed by atoms with Gasteiger partial charge < -0.3 is 14.2 Å². The van der Waals surface area contributed by atoms with Gasteiger partial charge in [-0.2, -0.15) is 0 Å². The quantitative estimate of drug-likeness (QED) is 0.747. The molecule has 2 aromatic carbocycles. The van der Waals surface area contributed by atoms with Crippen LogP contribution in [0.25, 0.3) is 0 Å². The van der Waals surface area contributed by atoms with Gasteiger partial charge in [-0.3, -0.25) is 0 Å². The molecular formula is C16H16BrFO3. The van der Waals surface area contributed by atoms with Crippen LogP contribution in [0, 0.1) is 5.82 Å². The Kier molecular flexibility index (Phi) is 5.07. The van der Waals surface area contributed by atoms with E-state index in [4.69, 9.17) is 14.2 Å². The maximum Gasteiger partial charge on any atom is 0.131 e. The number of halogens is 2. The molecule has 0 fully saturated rings. The number of alkyl halides is 1.